The Bertz CT molecular complexity index is 459. The molecule has 0 aliphatic heterocycles. The zero-order chi connectivity index (χ0) is 10.6. The normalized spacial score (nSPS) is 8.71. The summed E-state index contributed by atoms with van der Waals surface area (Å²) in [5, 5.41) is 29.2. The summed E-state index contributed by atoms with van der Waals surface area (Å²) in [7, 11) is 0. The van der Waals surface area contributed by atoms with Gasteiger partial charge in [0.2, 0.25) is 0 Å². The van der Waals surface area contributed by atoms with E-state index < -0.39 is 4.92 Å². The van der Waals surface area contributed by atoms with E-state index >= 15 is 0 Å². The van der Waals surface area contributed by atoms with Gasteiger partial charge in [0, 0.05) is 6.07 Å². The molecule has 14 heavy (non-hydrogen) atoms. The third-order valence-corrected chi connectivity index (χ3v) is 2.10. The first kappa shape index (κ1) is 10.0. The highest BCUT2D eigenvalue weighted by molar-refractivity contribution is 8.03. The summed E-state index contributed by atoms with van der Waals surface area (Å²) in [5.74, 6) is 0. The Labute approximate surface area is 83.7 Å². The van der Waals surface area contributed by atoms with Gasteiger partial charge < -0.3 is 0 Å². The quantitative estimate of drug-likeness (QED) is 0.319. The van der Waals surface area contributed by atoms with Gasteiger partial charge in [-0.15, -0.1) is 0 Å². The fraction of sp³-hybridized carbons (Fsp3) is 0. The first-order chi connectivity index (χ1) is 6.69. The number of thioether (sulfide) groups is 1. The first-order valence-corrected chi connectivity index (χ1v) is 4.25. The van der Waals surface area contributed by atoms with Crippen LogP contribution >= 0.6 is 11.8 Å². The molecule has 68 valence electrons. The van der Waals surface area contributed by atoms with Gasteiger partial charge in [0.25, 0.3) is 5.69 Å². The fourth-order valence-electron chi connectivity index (χ4n) is 0.865. The third kappa shape index (κ3) is 2.00. The van der Waals surface area contributed by atoms with Crippen molar-refractivity contribution in [2.24, 2.45) is 0 Å². The fourth-order valence-corrected chi connectivity index (χ4v) is 1.34. The van der Waals surface area contributed by atoms with Crippen LogP contribution in [0.4, 0.5) is 5.69 Å². The molecule has 0 saturated heterocycles. The Morgan fingerprint density at radius 3 is 2.64 bits per heavy atom. The minimum absolute atomic E-state index is 0.207. The molecule has 0 atom stereocenters. The monoisotopic (exact) mass is 205 g/mol. The van der Waals surface area contributed by atoms with Crippen LogP contribution in [0.15, 0.2) is 23.1 Å². The van der Waals surface area contributed by atoms with Crippen molar-refractivity contribution in [1.82, 2.24) is 0 Å². The van der Waals surface area contributed by atoms with E-state index in [1.165, 1.54) is 12.1 Å². The van der Waals surface area contributed by atoms with Crippen molar-refractivity contribution in [2.45, 2.75) is 4.90 Å². The Balaban J connectivity index is 3.27. The predicted octanol–water partition coefficient (Wildman–Crippen LogP) is 2.04. The molecule has 0 bridgehead atoms. The molecule has 6 heteroatoms. The van der Waals surface area contributed by atoms with Gasteiger partial charge in [-0.2, -0.15) is 10.5 Å². The summed E-state index contributed by atoms with van der Waals surface area (Å²) in [6.45, 7) is 0. The van der Waals surface area contributed by atoms with Crippen LogP contribution in [0.3, 0.4) is 0 Å². The third-order valence-electron chi connectivity index (χ3n) is 1.44. The van der Waals surface area contributed by atoms with E-state index in [0.717, 1.165) is 6.07 Å². The van der Waals surface area contributed by atoms with Crippen molar-refractivity contribution in [1.29, 1.82) is 10.5 Å². The molecule has 0 unspecified atom stereocenters. The molecule has 0 radical (unpaired) electrons. The highest BCUT2D eigenvalue weighted by atomic mass is 32.2. The Morgan fingerprint density at radius 1 is 1.43 bits per heavy atom. The summed E-state index contributed by atoms with van der Waals surface area (Å²) < 4.78 is 0. The molecule has 0 aromatic heterocycles. The predicted molar refractivity (Wildman–Crippen MR) is 49.3 cm³/mol. The smallest absolute Gasteiger partial charge is 0.258 e. The molecular formula is C8H3N3O2S. The number of hydrogen-bond acceptors (Lipinski definition) is 5. The minimum Gasteiger partial charge on any atom is -0.258 e. The van der Waals surface area contributed by atoms with Crippen LogP contribution in [-0.2, 0) is 0 Å². The van der Waals surface area contributed by atoms with Crippen molar-refractivity contribution < 1.29 is 4.92 Å². The van der Waals surface area contributed by atoms with Crippen molar-refractivity contribution in [3.05, 3.63) is 33.9 Å². The zero-order valence-corrected chi connectivity index (χ0v) is 7.61. The molecule has 1 rings (SSSR count). The topological polar surface area (TPSA) is 90.7 Å². The van der Waals surface area contributed by atoms with E-state index in [1.807, 2.05) is 0 Å². The van der Waals surface area contributed by atoms with Crippen LogP contribution in [0.1, 0.15) is 5.56 Å². The van der Waals surface area contributed by atoms with Gasteiger partial charge in [-0.05, 0) is 23.9 Å². The van der Waals surface area contributed by atoms with Gasteiger partial charge in [-0.25, -0.2) is 0 Å². The molecule has 0 heterocycles. The van der Waals surface area contributed by atoms with E-state index in [4.69, 9.17) is 10.5 Å². The number of nitro groups is 1. The summed E-state index contributed by atoms with van der Waals surface area (Å²) >= 11 is 0.704. The van der Waals surface area contributed by atoms with E-state index in [-0.39, 0.29) is 16.1 Å². The van der Waals surface area contributed by atoms with E-state index in [9.17, 15) is 10.1 Å². The van der Waals surface area contributed by atoms with Crippen LogP contribution in [0.2, 0.25) is 0 Å². The van der Waals surface area contributed by atoms with Crippen LogP contribution in [0.5, 0.6) is 0 Å². The molecule has 0 amide bonds. The number of thiocyanates is 1. The van der Waals surface area contributed by atoms with E-state index in [0.29, 0.717) is 11.8 Å². The van der Waals surface area contributed by atoms with Crippen LogP contribution < -0.4 is 0 Å². The zero-order valence-electron chi connectivity index (χ0n) is 6.80. The number of benzene rings is 1. The highest BCUT2D eigenvalue weighted by Crippen LogP contribution is 2.28. The Kier molecular flexibility index (Phi) is 3.05. The van der Waals surface area contributed by atoms with Gasteiger partial charge in [-0.1, -0.05) is 0 Å². The molecule has 5 nitrogen and oxygen atoms in total. The van der Waals surface area contributed by atoms with Crippen molar-refractivity contribution >= 4 is 17.4 Å². The van der Waals surface area contributed by atoms with Gasteiger partial charge >= 0.3 is 0 Å². The molecule has 0 N–H and O–H groups in total. The van der Waals surface area contributed by atoms with E-state index in [1.54, 1.807) is 11.5 Å². The largest absolute Gasteiger partial charge is 0.285 e. The maximum Gasteiger partial charge on any atom is 0.285 e. The van der Waals surface area contributed by atoms with Gasteiger partial charge in [0.1, 0.15) is 10.3 Å². The average molecular weight is 205 g/mol. The lowest BCUT2D eigenvalue weighted by atomic mass is 10.2. The lowest BCUT2D eigenvalue weighted by Gasteiger charge is -1.96. The molecule has 1 aromatic rings. The second-order valence-corrected chi connectivity index (χ2v) is 3.07. The van der Waals surface area contributed by atoms with Gasteiger partial charge in [0.05, 0.1) is 16.6 Å². The molecule has 0 aliphatic carbocycles. The SMILES string of the molecule is N#CSc1ccc(C#N)cc1[N+](=O)[O-]. The molecule has 1 aromatic carbocycles. The standard InChI is InChI=1S/C8H3N3O2S/c9-4-6-1-2-8(14-5-10)7(3-6)11(12)13/h1-3H. The highest BCUT2D eigenvalue weighted by Gasteiger charge is 2.14. The lowest BCUT2D eigenvalue weighted by Crippen LogP contribution is -1.91. The molecule has 0 aliphatic rings. The van der Waals surface area contributed by atoms with Crippen LogP contribution in [-0.4, -0.2) is 4.92 Å². The number of nitriles is 2. The van der Waals surface area contributed by atoms with Gasteiger partial charge in [-0.3, -0.25) is 10.1 Å². The first-order valence-electron chi connectivity index (χ1n) is 3.43. The molecule has 0 saturated carbocycles. The second kappa shape index (κ2) is 4.26. The number of nitro benzene ring substituents is 1. The summed E-state index contributed by atoms with van der Waals surface area (Å²) in [5.41, 5.74) is -0.00501. The maximum atomic E-state index is 10.5. The summed E-state index contributed by atoms with van der Waals surface area (Å²) in [6.07, 6.45) is 0. The Hall–Kier alpha value is -2.05. The summed E-state index contributed by atoms with van der Waals surface area (Å²) in [4.78, 5) is 10.2. The maximum absolute atomic E-state index is 10.5. The van der Waals surface area contributed by atoms with Crippen molar-refractivity contribution in [3.8, 4) is 11.5 Å². The van der Waals surface area contributed by atoms with Crippen molar-refractivity contribution in [3.63, 3.8) is 0 Å². The summed E-state index contributed by atoms with van der Waals surface area (Å²) in [6, 6.07) is 5.78. The molecule has 0 fully saturated rings. The Morgan fingerprint density at radius 2 is 2.14 bits per heavy atom. The van der Waals surface area contributed by atoms with E-state index in [2.05, 4.69) is 0 Å². The van der Waals surface area contributed by atoms with Crippen LogP contribution in [0, 0.1) is 32.1 Å². The number of rotatable bonds is 2. The minimum atomic E-state index is -0.611. The molecule has 0 spiro atoms. The van der Waals surface area contributed by atoms with Crippen LogP contribution in [0.25, 0.3) is 0 Å². The number of nitrogens with zero attached hydrogens (tertiary/aromatic N) is 3. The van der Waals surface area contributed by atoms with Gasteiger partial charge in [0.15, 0.2) is 0 Å². The molecular weight excluding hydrogens is 202 g/mol. The second-order valence-electron chi connectivity index (χ2n) is 2.24. The number of hydrogen-bond donors (Lipinski definition) is 0. The lowest BCUT2D eigenvalue weighted by molar-refractivity contribution is -0.387. The average Bonchev–Trinajstić information content (AvgIpc) is 2.18. The van der Waals surface area contributed by atoms with Crippen molar-refractivity contribution in [2.75, 3.05) is 0 Å².